The first-order valence-corrected chi connectivity index (χ1v) is 10.1. The predicted octanol–water partition coefficient (Wildman–Crippen LogP) is 5.80. The van der Waals surface area contributed by atoms with Gasteiger partial charge in [0.05, 0.1) is 0 Å². The molecule has 0 spiro atoms. The number of hydrogen-bond donors (Lipinski definition) is 1. The molecular weight excluding hydrogens is 374 g/mol. The Bertz CT molecular complexity index is 1010. The van der Waals surface area contributed by atoms with Gasteiger partial charge in [-0.2, -0.15) is 0 Å². The van der Waals surface area contributed by atoms with E-state index < -0.39 is 0 Å². The summed E-state index contributed by atoms with van der Waals surface area (Å²) >= 11 is 0. The molecule has 1 aromatic rings. The summed E-state index contributed by atoms with van der Waals surface area (Å²) in [7, 11) is 0. The molecule has 2 aliphatic rings. The van der Waals surface area contributed by atoms with E-state index in [1.165, 1.54) is 17.8 Å². The van der Waals surface area contributed by atoms with E-state index in [9.17, 15) is 9.90 Å². The molecule has 1 aromatic carbocycles. The maximum atomic E-state index is 11.3. The normalized spacial score (nSPS) is 19.0. The molecule has 4 heteroatoms. The summed E-state index contributed by atoms with van der Waals surface area (Å²) in [4.78, 5) is 13.6. The van der Waals surface area contributed by atoms with Crippen molar-refractivity contribution in [2.75, 3.05) is 18.0 Å². The minimum atomic E-state index is -0.373. The van der Waals surface area contributed by atoms with Gasteiger partial charge in [-0.05, 0) is 80.0 Å². The third kappa shape index (κ3) is 5.51. The van der Waals surface area contributed by atoms with Crippen LogP contribution < -0.4 is 4.90 Å². The fraction of sp³-hybridized carbons (Fsp3) is 0.192. The van der Waals surface area contributed by atoms with Gasteiger partial charge in [-0.1, -0.05) is 36.4 Å². The monoisotopic (exact) mass is 401 g/mol. The summed E-state index contributed by atoms with van der Waals surface area (Å²) in [5.74, 6) is 0.979. The minimum absolute atomic E-state index is 0.240. The molecular formula is C26H27NO3. The SMILES string of the molecule is CCN(CC)c1ccc(/C=C2C=C(/C=C/C=C3\C=CC(=O)C(O)=C3)C=C(C)O/2)cc1. The number of benzene rings is 1. The molecule has 1 aliphatic heterocycles. The number of allylic oxidation sites excluding steroid dienone is 11. The van der Waals surface area contributed by atoms with Crippen LogP contribution >= 0.6 is 0 Å². The Labute approximate surface area is 178 Å². The zero-order valence-electron chi connectivity index (χ0n) is 17.6. The van der Waals surface area contributed by atoms with E-state index in [4.69, 9.17) is 4.74 Å². The largest absolute Gasteiger partial charge is 0.504 e. The predicted molar refractivity (Wildman–Crippen MR) is 123 cm³/mol. The van der Waals surface area contributed by atoms with Crippen molar-refractivity contribution in [3.63, 3.8) is 0 Å². The Morgan fingerprint density at radius 1 is 1.03 bits per heavy atom. The lowest BCUT2D eigenvalue weighted by Gasteiger charge is -2.21. The van der Waals surface area contributed by atoms with Gasteiger partial charge in [-0.25, -0.2) is 0 Å². The molecule has 1 aliphatic carbocycles. The van der Waals surface area contributed by atoms with Crippen LogP contribution in [0, 0.1) is 0 Å². The van der Waals surface area contributed by atoms with E-state index in [-0.39, 0.29) is 11.5 Å². The highest BCUT2D eigenvalue weighted by molar-refractivity contribution is 6.04. The van der Waals surface area contributed by atoms with Gasteiger partial charge in [-0.3, -0.25) is 4.79 Å². The van der Waals surface area contributed by atoms with Crippen LogP contribution in [0.2, 0.25) is 0 Å². The number of ketones is 1. The van der Waals surface area contributed by atoms with Crippen LogP contribution in [-0.2, 0) is 9.53 Å². The van der Waals surface area contributed by atoms with Crippen molar-refractivity contribution in [3.8, 4) is 0 Å². The highest BCUT2D eigenvalue weighted by atomic mass is 16.5. The molecule has 4 nitrogen and oxygen atoms in total. The third-order valence-corrected chi connectivity index (χ3v) is 4.85. The first-order chi connectivity index (χ1) is 14.5. The standard InChI is InChI=1S/C26H27NO3/c1-4-27(5-2)23-12-9-21(10-13-23)16-24-17-22(15-19(3)30-24)8-6-7-20-11-14-25(28)26(29)18-20/h6-18,29H,4-5H2,1-3H3/b8-6+,20-7+,24-16-. The average Bonchev–Trinajstić information content (AvgIpc) is 2.72. The van der Waals surface area contributed by atoms with Gasteiger partial charge in [0.2, 0.25) is 5.78 Å². The van der Waals surface area contributed by atoms with Crippen molar-refractivity contribution in [2.45, 2.75) is 20.8 Å². The van der Waals surface area contributed by atoms with E-state index >= 15 is 0 Å². The summed E-state index contributed by atoms with van der Waals surface area (Å²) < 4.78 is 5.86. The highest BCUT2D eigenvalue weighted by Gasteiger charge is 2.09. The van der Waals surface area contributed by atoms with Crippen molar-refractivity contribution >= 4 is 17.5 Å². The highest BCUT2D eigenvalue weighted by Crippen LogP contribution is 2.23. The van der Waals surface area contributed by atoms with E-state index in [2.05, 4.69) is 43.0 Å². The molecule has 0 unspecified atom stereocenters. The van der Waals surface area contributed by atoms with E-state index in [0.29, 0.717) is 0 Å². The first kappa shape index (κ1) is 21.2. The topological polar surface area (TPSA) is 49.8 Å². The Kier molecular flexibility index (Phi) is 6.91. The van der Waals surface area contributed by atoms with Gasteiger partial charge in [0.1, 0.15) is 11.5 Å². The Balaban J connectivity index is 1.75. The van der Waals surface area contributed by atoms with Gasteiger partial charge in [0.15, 0.2) is 5.76 Å². The molecule has 3 rings (SSSR count). The molecule has 0 fully saturated rings. The molecule has 0 saturated carbocycles. The average molecular weight is 402 g/mol. The van der Waals surface area contributed by atoms with Crippen LogP contribution in [0.15, 0.2) is 101 Å². The van der Waals surface area contributed by atoms with Gasteiger partial charge >= 0.3 is 0 Å². The summed E-state index contributed by atoms with van der Waals surface area (Å²) in [6, 6.07) is 8.46. The molecule has 1 heterocycles. The van der Waals surface area contributed by atoms with Crippen LogP contribution in [-0.4, -0.2) is 24.0 Å². The van der Waals surface area contributed by atoms with Gasteiger partial charge in [-0.15, -0.1) is 0 Å². The number of nitrogens with zero attached hydrogens (tertiary/aromatic N) is 1. The molecule has 0 amide bonds. The number of carbonyl (C=O) groups is 1. The molecule has 0 saturated heterocycles. The maximum Gasteiger partial charge on any atom is 0.220 e. The van der Waals surface area contributed by atoms with Crippen LogP contribution in [0.3, 0.4) is 0 Å². The number of aliphatic hydroxyl groups excluding tert-OH is 1. The van der Waals surface area contributed by atoms with Crippen LogP contribution in [0.5, 0.6) is 0 Å². The van der Waals surface area contributed by atoms with Gasteiger partial charge in [0, 0.05) is 18.8 Å². The lowest BCUT2D eigenvalue weighted by Crippen LogP contribution is -2.21. The second-order valence-electron chi connectivity index (χ2n) is 7.06. The second kappa shape index (κ2) is 9.79. The number of ether oxygens (including phenoxy) is 1. The summed E-state index contributed by atoms with van der Waals surface area (Å²) in [5, 5.41) is 9.53. The van der Waals surface area contributed by atoms with Crippen molar-refractivity contribution < 1.29 is 14.6 Å². The summed E-state index contributed by atoms with van der Waals surface area (Å²) in [6.07, 6.45) is 16.1. The van der Waals surface area contributed by atoms with Crippen LogP contribution in [0.4, 0.5) is 5.69 Å². The molecule has 0 radical (unpaired) electrons. The lowest BCUT2D eigenvalue weighted by molar-refractivity contribution is -0.113. The maximum absolute atomic E-state index is 11.3. The zero-order chi connectivity index (χ0) is 21.5. The van der Waals surface area contributed by atoms with Crippen LogP contribution in [0.25, 0.3) is 6.08 Å². The lowest BCUT2D eigenvalue weighted by atomic mass is 10.1. The van der Waals surface area contributed by atoms with Crippen molar-refractivity contribution in [1.82, 2.24) is 0 Å². The smallest absolute Gasteiger partial charge is 0.220 e. The molecule has 154 valence electrons. The number of hydrogen-bond acceptors (Lipinski definition) is 4. The first-order valence-electron chi connectivity index (χ1n) is 10.1. The fourth-order valence-electron chi connectivity index (χ4n) is 3.30. The Hall–Kier alpha value is -3.53. The summed E-state index contributed by atoms with van der Waals surface area (Å²) in [5.41, 5.74) is 4.06. The number of aliphatic hydroxyl groups is 1. The molecule has 1 N–H and O–H groups in total. The zero-order valence-corrected chi connectivity index (χ0v) is 17.6. The van der Waals surface area contributed by atoms with Crippen molar-refractivity contribution in [1.29, 1.82) is 0 Å². The van der Waals surface area contributed by atoms with E-state index in [1.807, 2.05) is 43.4 Å². The van der Waals surface area contributed by atoms with Gasteiger partial charge in [0.25, 0.3) is 0 Å². The van der Waals surface area contributed by atoms with Crippen molar-refractivity contribution in [2.24, 2.45) is 0 Å². The Morgan fingerprint density at radius 3 is 2.43 bits per heavy atom. The van der Waals surface area contributed by atoms with Crippen molar-refractivity contribution in [3.05, 3.63) is 107 Å². The molecule has 30 heavy (non-hydrogen) atoms. The molecule has 0 atom stereocenters. The second-order valence-corrected chi connectivity index (χ2v) is 7.06. The fourth-order valence-corrected chi connectivity index (χ4v) is 3.30. The molecule has 0 aromatic heterocycles. The van der Waals surface area contributed by atoms with Crippen LogP contribution in [0.1, 0.15) is 26.3 Å². The third-order valence-electron chi connectivity index (χ3n) is 4.85. The molecule has 0 bridgehead atoms. The number of anilines is 1. The van der Waals surface area contributed by atoms with Gasteiger partial charge < -0.3 is 14.7 Å². The van der Waals surface area contributed by atoms with E-state index in [1.54, 1.807) is 6.08 Å². The quantitative estimate of drug-likeness (QED) is 0.655. The Morgan fingerprint density at radius 2 is 1.77 bits per heavy atom. The minimum Gasteiger partial charge on any atom is -0.504 e. The van der Waals surface area contributed by atoms with E-state index in [0.717, 1.165) is 41.3 Å². The number of rotatable bonds is 6. The summed E-state index contributed by atoms with van der Waals surface area (Å²) in [6.45, 7) is 8.21. The number of carbonyl (C=O) groups excluding carboxylic acids is 1.